The van der Waals surface area contributed by atoms with E-state index in [1.807, 2.05) is 72.8 Å². The van der Waals surface area contributed by atoms with Crippen molar-refractivity contribution in [3.63, 3.8) is 0 Å². The maximum Gasteiger partial charge on any atom is 0.265 e. The van der Waals surface area contributed by atoms with Gasteiger partial charge < -0.3 is 15.4 Å². The zero-order chi connectivity index (χ0) is 25.6. The first-order chi connectivity index (χ1) is 18.1. The van der Waals surface area contributed by atoms with Crippen LogP contribution in [0.2, 0.25) is 5.02 Å². The molecule has 0 unspecified atom stereocenters. The minimum Gasteiger partial charge on any atom is -0.487 e. The fraction of sp³-hybridized carbons (Fsp3) is 0.0667. The predicted octanol–water partition coefficient (Wildman–Crippen LogP) is 7.32. The van der Waals surface area contributed by atoms with Crippen LogP contribution >= 0.6 is 22.9 Å². The number of hydrogen-bond acceptors (Lipinski definition) is 4. The lowest BCUT2D eigenvalue weighted by Crippen LogP contribution is -2.22. The van der Waals surface area contributed by atoms with Crippen LogP contribution < -0.4 is 15.4 Å². The Morgan fingerprint density at radius 2 is 1.51 bits per heavy atom. The van der Waals surface area contributed by atoms with Crippen LogP contribution in [0, 0.1) is 0 Å². The zero-order valence-corrected chi connectivity index (χ0v) is 21.3. The number of thiophene rings is 1. The highest BCUT2D eigenvalue weighted by Gasteiger charge is 2.20. The third-order valence-electron chi connectivity index (χ3n) is 5.74. The Balaban J connectivity index is 1.29. The van der Waals surface area contributed by atoms with Crippen molar-refractivity contribution in [3.05, 3.63) is 130 Å². The maximum absolute atomic E-state index is 13.2. The van der Waals surface area contributed by atoms with Crippen molar-refractivity contribution in [1.29, 1.82) is 0 Å². The molecule has 5 aromatic rings. The number of halogens is 1. The average Bonchev–Trinajstić information content (AvgIpc) is 3.30. The largest absolute Gasteiger partial charge is 0.487 e. The van der Waals surface area contributed by atoms with Crippen molar-refractivity contribution in [2.24, 2.45) is 0 Å². The SMILES string of the molecule is O=C(Nc1cccc(CNC(=O)c2sc3ccccc3c2OCc2ccccc2)c1)c1ccccc1Cl. The molecular weight excluding hydrogens is 504 g/mol. The van der Waals surface area contributed by atoms with Gasteiger partial charge in [-0.1, -0.05) is 78.3 Å². The number of ether oxygens (including phenoxy) is 1. The second kappa shape index (κ2) is 11.3. The molecule has 1 heterocycles. The molecule has 2 N–H and O–H groups in total. The number of nitrogens with one attached hydrogen (secondary N) is 2. The summed E-state index contributed by atoms with van der Waals surface area (Å²) in [6.45, 7) is 0.663. The first-order valence-corrected chi connectivity index (χ1v) is 12.9. The van der Waals surface area contributed by atoms with Gasteiger partial charge in [0.25, 0.3) is 11.8 Å². The maximum atomic E-state index is 13.2. The highest BCUT2D eigenvalue weighted by atomic mass is 35.5. The number of carbonyl (C=O) groups excluding carboxylic acids is 2. The summed E-state index contributed by atoms with van der Waals surface area (Å²) in [4.78, 5) is 26.4. The normalized spacial score (nSPS) is 10.7. The summed E-state index contributed by atoms with van der Waals surface area (Å²) in [5.41, 5.74) is 2.89. The van der Waals surface area contributed by atoms with Gasteiger partial charge in [-0.3, -0.25) is 9.59 Å². The molecule has 4 aromatic carbocycles. The molecule has 0 aliphatic rings. The number of anilines is 1. The fourth-order valence-electron chi connectivity index (χ4n) is 3.91. The van der Waals surface area contributed by atoms with Crippen molar-refractivity contribution in [2.75, 3.05) is 5.32 Å². The standard InChI is InChI=1S/C30H23ClN2O3S/c31-25-15-6-4-13-23(25)29(34)33-22-12-8-11-21(17-22)18-32-30(35)28-27(24-14-5-7-16-26(24)37-28)36-19-20-9-2-1-3-10-20/h1-17H,18-19H2,(H,32,35)(H,33,34). The number of fused-ring (bicyclic) bond motifs is 1. The third kappa shape index (κ3) is 5.82. The van der Waals surface area contributed by atoms with Gasteiger partial charge in [-0.25, -0.2) is 0 Å². The van der Waals surface area contributed by atoms with Gasteiger partial charge in [0, 0.05) is 22.3 Å². The Bertz CT molecular complexity index is 1570. The number of rotatable bonds is 8. The molecule has 7 heteroatoms. The lowest BCUT2D eigenvalue weighted by Gasteiger charge is -2.11. The van der Waals surface area contributed by atoms with E-state index in [-0.39, 0.29) is 11.8 Å². The van der Waals surface area contributed by atoms with E-state index in [1.54, 1.807) is 30.3 Å². The van der Waals surface area contributed by atoms with Gasteiger partial charge in [-0.05, 0) is 47.5 Å². The Hall–Kier alpha value is -4.13. The highest BCUT2D eigenvalue weighted by molar-refractivity contribution is 7.21. The second-order valence-corrected chi connectivity index (χ2v) is 9.81. The van der Waals surface area contributed by atoms with Crippen LogP contribution in [0.1, 0.15) is 31.2 Å². The summed E-state index contributed by atoms with van der Waals surface area (Å²) in [5.74, 6) is 0.0785. The summed E-state index contributed by atoms with van der Waals surface area (Å²) < 4.78 is 7.14. The Morgan fingerprint density at radius 3 is 2.35 bits per heavy atom. The summed E-state index contributed by atoms with van der Waals surface area (Å²) in [6.07, 6.45) is 0. The van der Waals surface area contributed by atoms with E-state index < -0.39 is 0 Å². The van der Waals surface area contributed by atoms with Crippen molar-refractivity contribution < 1.29 is 14.3 Å². The molecule has 0 spiro atoms. The molecule has 0 saturated carbocycles. The molecule has 184 valence electrons. The first-order valence-electron chi connectivity index (χ1n) is 11.7. The monoisotopic (exact) mass is 526 g/mol. The Kier molecular flexibility index (Phi) is 7.49. The van der Waals surface area contributed by atoms with Crippen molar-refractivity contribution >= 4 is 50.5 Å². The highest BCUT2D eigenvalue weighted by Crippen LogP contribution is 2.38. The second-order valence-electron chi connectivity index (χ2n) is 8.35. The van der Waals surface area contributed by atoms with E-state index in [4.69, 9.17) is 16.3 Å². The van der Waals surface area contributed by atoms with Crippen LogP contribution in [0.4, 0.5) is 5.69 Å². The van der Waals surface area contributed by atoms with Crippen LogP contribution in [0.3, 0.4) is 0 Å². The molecule has 0 saturated heterocycles. The van der Waals surface area contributed by atoms with E-state index >= 15 is 0 Å². The minimum absolute atomic E-state index is 0.213. The molecule has 0 atom stereocenters. The van der Waals surface area contributed by atoms with E-state index in [0.29, 0.717) is 40.1 Å². The van der Waals surface area contributed by atoms with Gasteiger partial charge in [0.05, 0.1) is 10.6 Å². The van der Waals surface area contributed by atoms with Gasteiger partial charge in [0.2, 0.25) is 0 Å². The van der Waals surface area contributed by atoms with Crippen LogP contribution in [0.15, 0.2) is 103 Å². The molecule has 0 aliphatic heterocycles. The molecule has 0 fully saturated rings. The van der Waals surface area contributed by atoms with Crippen LogP contribution in [0.25, 0.3) is 10.1 Å². The summed E-state index contributed by atoms with van der Waals surface area (Å²) in [7, 11) is 0. The number of benzene rings is 4. The molecule has 1 aromatic heterocycles. The van der Waals surface area contributed by atoms with Gasteiger partial charge in [0.15, 0.2) is 5.75 Å². The number of amides is 2. The molecule has 0 aliphatic carbocycles. The zero-order valence-electron chi connectivity index (χ0n) is 19.7. The smallest absolute Gasteiger partial charge is 0.265 e. The summed E-state index contributed by atoms with van der Waals surface area (Å²) in [5, 5.41) is 7.16. The minimum atomic E-state index is -0.294. The topological polar surface area (TPSA) is 67.4 Å². The first kappa shape index (κ1) is 24.6. The molecule has 37 heavy (non-hydrogen) atoms. The summed E-state index contributed by atoms with van der Waals surface area (Å²) in [6, 6.07) is 31.9. The fourth-order valence-corrected chi connectivity index (χ4v) is 5.20. The quantitative estimate of drug-likeness (QED) is 0.222. The van der Waals surface area contributed by atoms with E-state index in [0.717, 1.165) is 21.2 Å². The van der Waals surface area contributed by atoms with Crippen LogP contribution in [0.5, 0.6) is 5.75 Å². The molecule has 2 amide bonds. The molecule has 5 rings (SSSR count). The lowest BCUT2D eigenvalue weighted by atomic mass is 10.1. The van der Waals surface area contributed by atoms with Gasteiger partial charge in [-0.15, -0.1) is 11.3 Å². The van der Waals surface area contributed by atoms with Crippen LogP contribution in [-0.4, -0.2) is 11.8 Å². The van der Waals surface area contributed by atoms with Gasteiger partial charge in [0.1, 0.15) is 11.5 Å². The van der Waals surface area contributed by atoms with Gasteiger partial charge >= 0.3 is 0 Å². The van der Waals surface area contributed by atoms with Crippen LogP contribution in [-0.2, 0) is 13.2 Å². The summed E-state index contributed by atoms with van der Waals surface area (Å²) >= 11 is 7.55. The van der Waals surface area contributed by atoms with Crippen molar-refractivity contribution in [3.8, 4) is 5.75 Å². The molecule has 0 bridgehead atoms. The van der Waals surface area contributed by atoms with Crippen molar-refractivity contribution in [2.45, 2.75) is 13.2 Å². The molecule has 5 nitrogen and oxygen atoms in total. The van der Waals surface area contributed by atoms with E-state index in [9.17, 15) is 9.59 Å². The Labute approximate surface area is 223 Å². The van der Waals surface area contributed by atoms with E-state index in [1.165, 1.54) is 11.3 Å². The lowest BCUT2D eigenvalue weighted by molar-refractivity contribution is 0.0950. The van der Waals surface area contributed by atoms with Gasteiger partial charge in [-0.2, -0.15) is 0 Å². The number of carbonyl (C=O) groups is 2. The molecular formula is C30H23ClN2O3S. The average molecular weight is 527 g/mol. The van der Waals surface area contributed by atoms with E-state index in [2.05, 4.69) is 10.6 Å². The molecule has 0 radical (unpaired) electrons. The third-order valence-corrected chi connectivity index (χ3v) is 7.22. The number of hydrogen-bond donors (Lipinski definition) is 2. The van der Waals surface area contributed by atoms with Crippen molar-refractivity contribution in [1.82, 2.24) is 5.32 Å². The Morgan fingerprint density at radius 1 is 0.784 bits per heavy atom. The predicted molar refractivity (Wildman–Crippen MR) is 150 cm³/mol.